The summed E-state index contributed by atoms with van der Waals surface area (Å²) in [6.45, 7) is 2.60. The Bertz CT molecular complexity index is 777. The Morgan fingerprint density at radius 2 is 1.48 bits per heavy atom. The van der Waals surface area contributed by atoms with Crippen molar-refractivity contribution in [1.82, 2.24) is 4.90 Å². The predicted molar refractivity (Wildman–Crippen MR) is 95.2 cm³/mol. The second kappa shape index (κ2) is 6.71. The Balaban J connectivity index is 1.77. The van der Waals surface area contributed by atoms with Crippen LogP contribution in [-0.2, 0) is 4.74 Å². The van der Waals surface area contributed by atoms with Crippen LogP contribution in [-0.4, -0.2) is 42.8 Å². The first kappa shape index (κ1) is 16.5. The number of hydrogen-bond acceptors (Lipinski definition) is 4. The molecule has 1 atom stereocenters. The number of benzene rings is 2. The van der Waals surface area contributed by atoms with Crippen LogP contribution in [0.2, 0.25) is 5.02 Å². The summed E-state index contributed by atoms with van der Waals surface area (Å²) in [5, 5.41) is 0.636. The molecular formula is C20H18ClNO3. The minimum Gasteiger partial charge on any atom is -0.379 e. The van der Waals surface area contributed by atoms with Gasteiger partial charge >= 0.3 is 0 Å². The van der Waals surface area contributed by atoms with E-state index in [4.69, 9.17) is 16.3 Å². The van der Waals surface area contributed by atoms with Gasteiger partial charge < -0.3 is 4.74 Å². The van der Waals surface area contributed by atoms with Crippen molar-refractivity contribution >= 4 is 23.2 Å². The fourth-order valence-electron chi connectivity index (χ4n) is 3.78. The van der Waals surface area contributed by atoms with Crippen LogP contribution in [0.1, 0.15) is 32.3 Å². The Kier molecular flexibility index (Phi) is 4.42. The van der Waals surface area contributed by atoms with Crippen molar-refractivity contribution in [2.45, 2.75) is 6.04 Å². The zero-order valence-electron chi connectivity index (χ0n) is 13.7. The van der Waals surface area contributed by atoms with E-state index < -0.39 is 5.92 Å². The topological polar surface area (TPSA) is 46.6 Å². The van der Waals surface area contributed by atoms with Gasteiger partial charge in [0.2, 0.25) is 0 Å². The van der Waals surface area contributed by atoms with E-state index in [1.54, 1.807) is 36.4 Å². The average molecular weight is 356 g/mol. The third-order valence-electron chi connectivity index (χ3n) is 4.99. The highest BCUT2D eigenvalue weighted by molar-refractivity contribution is 6.30. The van der Waals surface area contributed by atoms with E-state index in [0.29, 0.717) is 42.5 Å². The monoisotopic (exact) mass is 355 g/mol. The second-order valence-electron chi connectivity index (χ2n) is 6.40. The first-order valence-corrected chi connectivity index (χ1v) is 8.79. The molecule has 0 spiro atoms. The summed E-state index contributed by atoms with van der Waals surface area (Å²) in [4.78, 5) is 28.2. The third kappa shape index (κ3) is 2.91. The van der Waals surface area contributed by atoms with Gasteiger partial charge in [0.15, 0.2) is 11.6 Å². The third-order valence-corrected chi connectivity index (χ3v) is 5.24. The van der Waals surface area contributed by atoms with Crippen molar-refractivity contribution in [3.8, 4) is 0 Å². The van der Waals surface area contributed by atoms with Gasteiger partial charge in [-0.3, -0.25) is 14.5 Å². The molecule has 128 valence electrons. The molecule has 4 nitrogen and oxygen atoms in total. The maximum absolute atomic E-state index is 13.0. The number of halogens is 1. The summed E-state index contributed by atoms with van der Waals surface area (Å²) in [5.74, 6) is -0.893. The summed E-state index contributed by atoms with van der Waals surface area (Å²) >= 11 is 6.02. The van der Waals surface area contributed by atoms with Crippen LogP contribution < -0.4 is 0 Å². The van der Waals surface area contributed by atoms with Crippen LogP contribution in [0.3, 0.4) is 0 Å². The number of rotatable bonds is 3. The van der Waals surface area contributed by atoms with Gasteiger partial charge in [0.1, 0.15) is 5.92 Å². The van der Waals surface area contributed by atoms with Crippen molar-refractivity contribution in [1.29, 1.82) is 0 Å². The van der Waals surface area contributed by atoms with E-state index in [1.807, 2.05) is 12.1 Å². The lowest BCUT2D eigenvalue weighted by Crippen LogP contribution is -2.44. The zero-order chi connectivity index (χ0) is 17.4. The smallest absolute Gasteiger partial charge is 0.176 e. The van der Waals surface area contributed by atoms with Gasteiger partial charge in [0.05, 0.1) is 19.3 Å². The summed E-state index contributed by atoms with van der Waals surface area (Å²) in [5.41, 5.74) is 2.00. The fraction of sp³-hybridized carbons (Fsp3) is 0.300. The molecule has 2 aromatic rings. The number of ether oxygens (including phenoxy) is 1. The van der Waals surface area contributed by atoms with E-state index >= 15 is 0 Å². The van der Waals surface area contributed by atoms with E-state index in [0.717, 1.165) is 5.56 Å². The average Bonchev–Trinajstić information content (AvgIpc) is 2.90. The quantitative estimate of drug-likeness (QED) is 0.792. The maximum Gasteiger partial charge on any atom is 0.176 e. The molecule has 1 aliphatic heterocycles. The number of nitrogens with zero attached hydrogens (tertiary/aromatic N) is 1. The largest absolute Gasteiger partial charge is 0.379 e. The molecule has 2 aliphatic rings. The van der Waals surface area contributed by atoms with Gasteiger partial charge in [-0.25, -0.2) is 0 Å². The van der Waals surface area contributed by atoms with Crippen molar-refractivity contribution in [3.05, 3.63) is 70.2 Å². The van der Waals surface area contributed by atoms with Gasteiger partial charge in [-0.2, -0.15) is 0 Å². The number of carbonyl (C=O) groups is 2. The Hall–Kier alpha value is -2.01. The normalized spacial score (nSPS) is 19.9. The van der Waals surface area contributed by atoms with Crippen LogP contribution in [0.5, 0.6) is 0 Å². The van der Waals surface area contributed by atoms with E-state index in [-0.39, 0.29) is 17.6 Å². The van der Waals surface area contributed by atoms with Crippen molar-refractivity contribution < 1.29 is 14.3 Å². The fourth-order valence-corrected chi connectivity index (χ4v) is 3.91. The number of hydrogen-bond donors (Lipinski definition) is 0. The molecule has 0 amide bonds. The molecule has 2 aromatic carbocycles. The van der Waals surface area contributed by atoms with Gasteiger partial charge in [-0.05, 0) is 17.7 Å². The molecule has 5 heteroatoms. The molecule has 25 heavy (non-hydrogen) atoms. The van der Waals surface area contributed by atoms with Crippen molar-refractivity contribution in [3.63, 3.8) is 0 Å². The van der Waals surface area contributed by atoms with Crippen LogP contribution in [0.15, 0.2) is 48.5 Å². The lowest BCUT2D eigenvalue weighted by Gasteiger charge is -2.37. The van der Waals surface area contributed by atoms with E-state index in [2.05, 4.69) is 4.90 Å². The number of fused-ring (bicyclic) bond motifs is 1. The minimum atomic E-state index is -0.711. The molecule has 0 radical (unpaired) electrons. The molecule has 1 fully saturated rings. The predicted octanol–water partition coefficient (Wildman–Crippen LogP) is 3.41. The molecule has 1 aliphatic carbocycles. The second-order valence-corrected chi connectivity index (χ2v) is 6.83. The molecule has 1 heterocycles. The maximum atomic E-state index is 13.0. The number of carbonyl (C=O) groups excluding carboxylic acids is 2. The van der Waals surface area contributed by atoms with Crippen LogP contribution in [0.4, 0.5) is 0 Å². The highest BCUT2D eigenvalue weighted by Gasteiger charge is 2.46. The highest BCUT2D eigenvalue weighted by atomic mass is 35.5. The molecule has 4 rings (SSSR count). The van der Waals surface area contributed by atoms with Gasteiger partial charge in [0.25, 0.3) is 0 Å². The van der Waals surface area contributed by atoms with Crippen LogP contribution in [0.25, 0.3) is 0 Å². The SMILES string of the molecule is O=C1c2ccccc2C(=O)C1C(c1ccc(Cl)cc1)N1CCOCC1. The Morgan fingerprint density at radius 1 is 0.920 bits per heavy atom. The molecule has 0 saturated carbocycles. The summed E-state index contributed by atoms with van der Waals surface area (Å²) in [6, 6.07) is 14.2. The van der Waals surface area contributed by atoms with Crippen LogP contribution in [0, 0.1) is 5.92 Å². The molecule has 1 unspecified atom stereocenters. The summed E-state index contributed by atoms with van der Waals surface area (Å²) < 4.78 is 5.45. The lowest BCUT2D eigenvalue weighted by atomic mass is 9.87. The standard InChI is InChI=1S/C20H18ClNO3/c21-14-7-5-13(6-8-14)18(22-9-11-25-12-10-22)17-19(23)15-3-1-2-4-16(15)20(17)24/h1-8,17-18H,9-12H2. The number of ketones is 2. The van der Waals surface area contributed by atoms with E-state index in [1.165, 1.54) is 0 Å². The molecule has 1 saturated heterocycles. The lowest BCUT2D eigenvalue weighted by molar-refractivity contribution is 0.00511. The van der Waals surface area contributed by atoms with Crippen molar-refractivity contribution in [2.24, 2.45) is 5.92 Å². The van der Waals surface area contributed by atoms with Gasteiger partial charge in [-0.1, -0.05) is 48.0 Å². The first-order chi connectivity index (χ1) is 12.2. The van der Waals surface area contributed by atoms with Gasteiger partial charge in [-0.15, -0.1) is 0 Å². The molecule has 0 bridgehead atoms. The summed E-state index contributed by atoms with van der Waals surface area (Å²) in [6.07, 6.45) is 0. The summed E-state index contributed by atoms with van der Waals surface area (Å²) in [7, 11) is 0. The minimum absolute atomic E-state index is 0.0907. The molecular weight excluding hydrogens is 338 g/mol. The van der Waals surface area contributed by atoms with E-state index in [9.17, 15) is 9.59 Å². The highest BCUT2D eigenvalue weighted by Crippen LogP contribution is 2.39. The Morgan fingerprint density at radius 3 is 2.04 bits per heavy atom. The Labute approximate surface area is 151 Å². The van der Waals surface area contributed by atoms with Gasteiger partial charge in [0, 0.05) is 29.2 Å². The molecule has 0 N–H and O–H groups in total. The molecule has 0 aromatic heterocycles. The first-order valence-electron chi connectivity index (χ1n) is 8.41. The number of morpholine rings is 1. The zero-order valence-corrected chi connectivity index (χ0v) is 14.4. The van der Waals surface area contributed by atoms with Crippen LogP contribution >= 0.6 is 11.6 Å². The van der Waals surface area contributed by atoms with Crippen molar-refractivity contribution in [2.75, 3.05) is 26.3 Å². The number of Topliss-reactive ketones (excluding diaryl/α,β-unsaturated/α-hetero) is 2.